The largest absolute Gasteiger partial charge is 0.489 e. The van der Waals surface area contributed by atoms with Crippen molar-refractivity contribution in [3.05, 3.63) is 58.1 Å². The average molecular weight is 477 g/mol. The summed E-state index contributed by atoms with van der Waals surface area (Å²) in [7, 11) is 2.23. The number of amides is 1. The summed E-state index contributed by atoms with van der Waals surface area (Å²) in [6, 6.07) is 12.9. The van der Waals surface area contributed by atoms with Crippen molar-refractivity contribution in [1.29, 1.82) is 0 Å². The first-order chi connectivity index (χ1) is 16.5. The summed E-state index contributed by atoms with van der Waals surface area (Å²) in [6.45, 7) is 2.80. The van der Waals surface area contributed by atoms with E-state index in [0.717, 1.165) is 66.7 Å². The minimum absolute atomic E-state index is 0.0170. The number of fused-ring (bicyclic) bond motifs is 3. The Bertz CT molecular complexity index is 1120. The molecule has 3 heterocycles. The summed E-state index contributed by atoms with van der Waals surface area (Å²) in [5, 5.41) is 0.570. The molecular weight excluding hydrogens is 444 g/mol. The Kier molecular flexibility index (Phi) is 6.86. The van der Waals surface area contributed by atoms with Gasteiger partial charge in [0.1, 0.15) is 11.9 Å². The number of benzene rings is 2. The molecule has 0 N–H and O–H groups in total. The average Bonchev–Trinajstić information content (AvgIpc) is 3.03. The molecular formula is C29H33ClN2O2. The van der Waals surface area contributed by atoms with Crippen molar-refractivity contribution >= 4 is 23.2 Å². The van der Waals surface area contributed by atoms with Gasteiger partial charge in [0.25, 0.3) is 5.91 Å². The molecule has 0 saturated carbocycles. The number of carbonyl (C=O) groups is 1. The first-order valence-corrected chi connectivity index (χ1v) is 13.0. The van der Waals surface area contributed by atoms with E-state index in [9.17, 15) is 4.79 Å². The fourth-order valence-electron chi connectivity index (χ4n) is 5.63. The molecule has 2 bridgehead atoms. The smallest absolute Gasteiger partial charge is 0.258 e. The van der Waals surface area contributed by atoms with Crippen molar-refractivity contribution in [2.75, 3.05) is 18.5 Å². The van der Waals surface area contributed by atoms with Crippen molar-refractivity contribution in [3.8, 4) is 17.6 Å². The fraction of sp³-hybridized carbons (Fsp3) is 0.483. The van der Waals surface area contributed by atoms with E-state index in [1.165, 1.54) is 12.8 Å². The maximum atomic E-state index is 13.3. The van der Waals surface area contributed by atoms with Gasteiger partial charge in [-0.15, -0.1) is 0 Å². The van der Waals surface area contributed by atoms with Gasteiger partial charge in [-0.05, 0) is 87.5 Å². The molecule has 5 heteroatoms. The highest BCUT2D eigenvalue weighted by Crippen LogP contribution is 2.38. The lowest BCUT2D eigenvalue weighted by molar-refractivity contribution is 0.0662. The number of carbonyl (C=O) groups excluding carboxylic acids is 1. The Morgan fingerprint density at radius 3 is 2.65 bits per heavy atom. The van der Waals surface area contributed by atoms with E-state index in [4.69, 9.17) is 16.3 Å². The predicted molar refractivity (Wildman–Crippen MR) is 138 cm³/mol. The summed E-state index contributed by atoms with van der Waals surface area (Å²) in [5.41, 5.74) is 3.64. The third kappa shape index (κ3) is 4.69. The van der Waals surface area contributed by atoms with E-state index in [0.29, 0.717) is 23.7 Å². The van der Waals surface area contributed by atoms with Gasteiger partial charge >= 0.3 is 0 Å². The lowest BCUT2D eigenvalue weighted by Gasteiger charge is -2.36. The number of piperidine rings is 1. The Morgan fingerprint density at radius 2 is 1.91 bits per heavy atom. The van der Waals surface area contributed by atoms with Crippen LogP contribution in [0.4, 0.5) is 5.69 Å². The van der Waals surface area contributed by atoms with E-state index in [2.05, 4.69) is 36.8 Å². The molecule has 3 aliphatic rings. The van der Waals surface area contributed by atoms with Crippen molar-refractivity contribution in [2.45, 2.75) is 76.5 Å². The van der Waals surface area contributed by atoms with Crippen LogP contribution < -0.4 is 9.64 Å². The number of rotatable bonds is 5. The van der Waals surface area contributed by atoms with Crippen LogP contribution in [0.5, 0.6) is 5.75 Å². The molecule has 2 fully saturated rings. The highest BCUT2D eigenvalue weighted by Gasteiger charge is 2.39. The molecule has 2 aromatic carbocycles. The van der Waals surface area contributed by atoms with Crippen molar-refractivity contribution in [2.24, 2.45) is 0 Å². The van der Waals surface area contributed by atoms with Crippen LogP contribution in [0.25, 0.3) is 0 Å². The van der Waals surface area contributed by atoms with E-state index >= 15 is 0 Å². The number of hydrogen-bond acceptors (Lipinski definition) is 3. The van der Waals surface area contributed by atoms with Gasteiger partial charge in [-0.3, -0.25) is 4.79 Å². The Balaban J connectivity index is 1.27. The molecule has 178 valence electrons. The van der Waals surface area contributed by atoms with Gasteiger partial charge in [0, 0.05) is 41.9 Å². The predicted octanol–water partition coefficient (Wildman–Crippen LogP) is 6.09. The molecule has 34 heavy (non-hydrogen) atoms. The topological polar surface area (TPSA) is 32.8 Å². The van der Waals surface area contributed by atoms with Crippen LogP contribution in [-0.4, -0.2) is 42.6 Å². The second-order valence-electron chi connectivity index (χ2n) is 9.86. The number of ether oxygens (including phenoxy) is 1. The highest BCUT2D eigenvalue weighted by molar-refractivity contribution is 6.32. The van der Waals surface area contributed by atoms with Gasteiger partial charge in [-0.25, -0.2) is 0 Å². The van der Waals surface area contributed by atoms with Gasteiger partial charge in [0.2, 0.25) is 0 Å². The van der Waals surface area contributed by atoms with Gasteiger partial charge in [-0.1, -0.05) is 36.8 Å². The van der Waals surface area contributed by atoms with Gasteiger partial charge in [0.15, 0.2) is 0 Å². The standard InChI is InChI=1S/C29H33ClN2O2/c1-3-4-5-6-7-20-8-12-26-21(16-20)14-15-32(29(26)33)24-11-13-28(27(30)19-24)34-25-17-22-9-10-23(18-25)31(22)2/h8,11-13,16,19,22-23,25H,3-5,9-10,14-15,17-18H2,1-2H3/t22-,23+,25+. The molecule has 4 nitrogen and oxygen atoms in total. The molecule has 3 aliphatic heterocycles. The zero-order valence-electron chi connectivity index (χ0n) is 20.1. The maximum Gasteiger partial charge on any atom is 0.258 e. The molecule has 0 spiro atoms. The molecule has 0 radical (unpaired) electrons. The van der Waals surface area contributed by atoms with E-state index in [1.54, 1.807) is 0 Å². The Labute approximate surface area is 208 Å². The summed E-state index contributed by atoms with van der Waals surface area (Å²) in [4.78, 5) is 17.6. The van der Waals surface area contributed by atoms with E-state index in [1.807, 2.05) is 35.2 Å². The quantitative estimate of drug-likeness (QED) is 0.386. The lowest BCUT2D eigenvalue weighted by Crippen LogP contribution is -2.43. The molecule has 3 atom stereocenters. The third-order valence-corrected chi connectivity index (χ3v) is 7.94. The summed E-state index contributed by atoms with van der Waals surface area (Å²) in [6.07, 6.45) is 8.84. The highest BCUT2D eigenvalue weighted by atomic mass is 35.5. The maximum absolute atomic E-state index is 13.3. The van der Waals surface area contributed by atoms with Crippen LogP contribution in [0, 0.1) is 11.8 Å². The number of unbranched alkanes of at least 4 members (excludes halogenated alkanes) is 2. The molecule has 0 aliphatic carbocycles. The SMILES string of the molecule is CCCCC#Cc1ccc2c(c1)CCN(c1ccc(O[C@H]3C[C@H]4CC[C@@H](C3)N4C)c(Cl)c1)C2=O. The zero-order chi connectivity index (χ0) is 23.7. The first kappa shape index (κ1) is 23.3. The monoisotopic (exact) mass is 476 g/mol. The number of nitrogens with zero attached hydrogens (tertiary/aromatic N) is 2. The third-order valence-electron chi connectivity index (χ3n) is 7.65. The molecule has 0 unspecified atom stereocenters. The van der Waals surface area contributed by atoms with Crippen LogP contribution in [0.2, 0.25) is 5.02 Å². The summed E-state index contributed by atoms with van der Waals surface area (Å²) >= 11 is 6.64. The molecule has 0 aromatic heterocycles. The van der Waals surface area contributed by atoms with Crippen LogP contribution in [0.1, 0.15) is 73.4 Å². The molecule has 1 amide bonds. The Hall–Kier alpha value is -2.48. The molecule has 2 aromatic rings. The second-order valence-corrected chi connectivity index (χ2v) is 10.3. The van der Waals surface area contributed by atoms with Crippen LogP contribution in [-0.2, 0) is 6.42 Å². The van der Waals surface area contributed by atoms with Crippen LogP contribution in [0.15, 0.2) is 36.4 Å². The van der Waals surface area contributed by atoms with Crippen molar-refractivity contribution in [3.63, 3.8) is 0 Å². The summed E-state index contributed by atoms with van der Waals surface area (Å²) in [5.74, 6) is 7.20. The first-order valence-electron chi connectivity index (χ1n) is 12.6. The lowest BCUT2D eigenvalue weighted by atomic mass is 9.96. The molecule has 5 rings (SSSR count). The van der Waals surface area contributed by atoms with Gasteiger partial charge in [-0.2, -0.15) is 0 Å². The second kappa shape index (κ2) is 10.0. The fourth-order valence-corrected chi connectivity index (χ4v) is 5.85. The molecule has 2 saturated heterocycles. The van der Waals surface area contributed by atoms with Crippen LogP contribution in [0.3, 0.4) is 0 Å². The van der Waals surface area contributed by atoms with Crippen molar-refractivity contribution < 1.29 is 9.53 Å². The normalized spacial score (nSPS) is 23.9. The number of halogens is 1. The Morgan fingerprint density at radius 1 is 1.12 bits per heavy atom. The zero-order valence-corrected chi connectivity index (χ0v) is 20.9. The van der Waals surface area contributed by atoms with Gasteiger partial charge < -0.3 is 14.5 Å². The number of hydrogen-bond donors (Lipinski definition) is 0. The minimum Gasteiger partial charge on any atom is -0.489 e. The minimum atomic E-state index is 0.0170. The van der Waals surface area contributed by atoms with E-state index in [-0.39, 0.29) is 12.0 Å². The number of anilines is 1. The van der Waals surface area contributed by atoms with Crippen LogP contribution >= 0.6 is 11.6 Å². The van der Waals surface area contributed by atoms with Crippen molar-refractivity contribution in [1.82, 2.24) is 4.90 Å². The summed E-state index contributed by atoms with van der Waals surface area (Å²) < 4.78 is 6.33. The van der Waals surface area contributed by atoms with E-state index < -0.39 is 0 Å². The van der Waals surface area contributed by atoms with Gasteiger partial charge in [0.05, 0.1) is 5.02 Å².